The van der Waals surface area contributed by atoms with E-state index in [0.717, 1.165) is 17.5 Å². The van der Waals surface area contributed by atoms with E-state index in [4.69, 9.17) is 11.6 Å². The largest absolute Gasteiger partial charge is 0.481 e. The second kappa shape index (κ2) is 5.11. The number of aromatic nitrogens is 4. The maximum atomic E-state index is 11.5. The molecule has 0 atom stereocenters. The molecule has 3 rings (SSSR count). The van der Waals surface area contributed by atoms with E-state index in [1.54, 1.807) is 16.8 Å². The van der Waals surface area contributed by atoms with E-state index < -0.39 is 11.4 Å². The van der Waals surface area contributed by atoms with Gasteiger partial charge in [0.15, 0.2) is 5.82 Å². The van der Waals surface area contributed by atoms with E-state index in [1.807, 2.05) is 13.0 Å². The number of halogens is 1. The number of aryl methyl sites for hydroxylation is 1. The fourth-order valence-corrected chi connectivity index (χ4v) is 2.84. The molecular weight excluding hydrogens is 292 g/mol. The third kappa shape index (κ3) is 2.40. The van der Waals surface area contributed by atoms with Crippen molar-refractivity contribution < 1.29 is 9.90 Å². The summed E-state index contributed by atoms with van der Waals surface area (Å²) in [6, 6.07) is 5.50. The molecule has 6 nitrogen and oxygen atoms in total. The molecule has 21 heavy (non-hydrogen) atoms. The maximum absolute atomic E-state index is 11.5. The Labute approximate surface area is 126 Å². The molecule has 1 aliphatic rings. The third-order valence-electron chi connectivity index (χ3n) is 4.19. The minimum absolute atomic E-state index is 0.288. The van der Waals surface area contributed by atoms with Crippen molar-refractivity contribution in [3.8, 4) is 11.4 Å². The first-order valence-corrected chi connectivity index (χ1v) is 7.16. The second-order valence-corrected chi connectivity index (χ2v) is 5.99. The SMILES string of the molecule is Cc1ccc(Cl)cc1-c1nnnn1CC1(C(=O)O)CCC1. The Morgan fingerprint density at radius 3 is 2.86 bits per heavy atom. The number of tetrazole rings is 1. The van der Waals surface area contributed by atoms with E-state index in [9.17, 15) is 9.90 Å². The molecule has 0 saturated heterocycles. The van der Waals surface area contributed by atoms with Crippen molar-refractivity contribution in [1.29, 1.82) is 0 Å². The van der Waals surface area contributed by atoms with Gasteiger partial charge in [0, 0.05) is 10.6 Å². The highest BCUT2D eigenvalue weighted by Gasteiger charge is 2.45. The summed E-state index contributed by atoms with van der Waals surface area (Å²) < 4.78 is 1.58. The summed E-state index contributed by atoms with van der Waals surface area (Å²) >= 11 is 6.04. The van der Waals surface area contributed by atoms with Crippen LogP contribution in [0.2, 0.25) is 5.02 Å². The molecule has 0 radical (unpaired) electrons. The van der Waals surface area contributed by atoms with Gasteiger partial charge in [-0.15, -0.1) is 5.10 Å². The lowest BCUT2D eigenvalue weighted by molar-refractivity contribution is -0.156. The zero-order valence-electron chi connectivity index (χ0n) is 11.6. The molecule has 0 aliphatic heterocycles. The van der Waals surface area contributed by atoms with Crippen LogP contribution in [0.25, 0.3) is 11.4 Å². The lowest BCUT2D eigenvalue weighted by Gasteiger charge is -2.37. The molecule has 1 aromatic heterocycles. The van der Waals surface area contributed by atoms with Gasteiger partial charge in [0.2, 0.25) is 0 Å². The van der Waals surface area contributed by atoms with Crippen LogP contribution in [0.1, 0.15) is 24.8 Å². The molecule has 0 unspecified atom stereocenters. The Kier molecular flexibility index (Phi) is 3.41. The molecule has 0 amide bonds. The number of carboxylic acid groups (broad SMARTS) is 1. The number of aliphatic carboxylic acids is 1. The van der Waals surface area contributed by atoms with E-state index in [2.05, 4.69) is 15.5 Å². The van der Waals surface area contributed by atoms with Crippen molar-refractivity contribution in [2.24, 2.45) is 5.41 Å². The van der Waals surface area contributed by atoms with Crippen molar-refractivity contribution in [2.75, 3.05) is 0 Å². The van der Waals surface area contributed by atoms with Crippen LogP contribution in [0.15, 0.2) is 18.2 Å². The predicted octanol–water partition coefficient (Wildman–Crippen LogP) is 2.56. The van der Waals surface area contributed by atoms with Gasteiger partial charge in [-0.25, -0.2) is 4.68 Å². The van der Waals surface area contributed by atoms with Crippen LogP contribution in [0.5, 0.6) is 0 Å². The molecule has 7 heteroatoms. The van der Waals surface area contributed by atoms with Gasteiger partial charge in [-0.2, -0.15) is 0 Å². The molecule has 1 saturated carbocycles. The van der Waals surface area contributed by atoms with Gasteiger partial charge in [-0.1, -0.05) is 24.1 Å². The first-order valence-electron chi connectivity index (χ1n) is 6.78. The second-order valence-electron chi connectivity index (χ2n) is 5.56. The third-order valence-corrected chi connectivity index (χ3v) is 4.42. The normalized spacial score (nSPS) is 16.5. The summed E-state index contributed by atoms with van der Waals surface area (Å²) in [6.45, 7) is 2.23. The average molecular weight is 307 g/mol. The average Bonchev–Trinajstić information content (AvgIpc) is 2.84. The molecule has 1 aromatic carbocycles. The van der Waals surface area contributed by atoms with E-state index in [-0.39, 0.29) is 6.54 Å². The Balaban J connectivity index is 1.98. The minimum atomic E-state index is -0.780. The zero-order chi connectivity index (χ0) is 15.0. The van der Waals surface area contributed by atoms with Gasteiger partial charge in [0.1, 0.15) is 0 Å². The highest BCUT2D eigenvalue weighted by Crippen LogP contribution is 2.43. The van der Waals surface area contributed by atoms with Gasteiger partial charge in [0.05, 0.1) is 12.0 Å². The highest BCUT2D eigenvalue weighted by molar-refractivity contribution is 6.30. The maximum Gasteiger partial charge on any atom is 0.311 e. The van der Waals surface area contributed by atoms with Gasteiger partial charge >= 0.3 is 5.97 Å². The van der Waals surface area contributed by atoms with E-state index in [0.29, 0.717) is 23.7 Å². The van der Waals surface area contributed by atoms with E-state index >= 15 is 0 Å². The van der Waals surface area contributed by atoms with Crippen LogP contribution in [0, 0.1) is 12.3 Å². The molecule has 1 fully saturated rings. The first-order chi connectivity index (χ1) is 10.0. The molecule has 2 aromatic rings. The number of hydrogen-bond donors (Lipinski definition) is 1. The van der Waals surface area contributed by atoms with Crippen LogP contribution < -0.4 is 0 Å². The Bertz CT molecular complexity index is 694. The molecule has 1 heterocycles. The summed E-state index contributed by atoms with van der Waals surface area (Å²) in [6.07, 6.45) is 2.26. The topological polar surface area (TPSA) is 80.9 Å². The fourth-order valence-electron chi connectivity index (χ4n) is 2.67. The van der Waals surface area contributed by atoms with Gasteiger partial charge in [-0.05, 0) is 47.9 Å². The number of carbonyl (C=O) groups is 1. The summed E-state index contributed by atoms with van der Waals surface area (Å²) in [5, 5.41) is 21.7. The van der Waals surface area contributed by atoms with Gasteiger partial charge in [0.25, 0.3) is 0 Å². The molecular formula is C14H15ClN4O2. The Hall–Kier alpha value is -1.95. The Morgan fingerprint density at radius 2 is 2.24 bits per heavy atom. The standard InChI is InChI=1S/C14H15ClN4O2/c1-9-3-4-10(15)7-11(9)12-16-17-18-19(12)8-14(13(20)21)5-2-6-14/h3-4,7H,2,5-6,8H2,1H3,(H,20,21). The van der Waals surface area contributed by atoms with E-state index in [1.165, 1.54) is 0 Å². The van der Waals surface area contributed by atoms with Crippen LogP contribution >= 0.6 is 11.6 Å². The molecule has 1 aliphatic carbocycles. The van der Waals surface area contributed by atoms with Crippen LogP contribution in [0.3, 0.4) is 0 Å². The summed E-state index contributed by atoms with van der Waals surface area (Å²) in [5.41, 5.74) is 1.08. The van der Waals surface area contributed by atoms with Crippen molar-refractivity contribution in [2.45, 2.75) is 32.7 Å². The monoisotopic (exact) mass is 306 g/mol. The van der Waals surface area contributed by atoms with Crippen LogP contribution in [-0.4, -0.2) is 31.3 Å². The quantitative estimate of drug-likeness (QED) is 0.939. The summed E-state index contributed by atoms with van der Waals surface area (Å²) in [7, 11) is 0. The smallest absolute Gasteiger partial charge is 0.311 e. The lowest BCUT2D eigenvalue weighted by atomic mass is 9.69. The molecule has 0 spiro atoms. The summed E-state index contributed by atoms with van der Waals surface area (Å²) in [5.74, 6) is -0.222. The van der Waals surface area contributed by atoms with Crippen LogP contribution in [0.4, 0.5) is 0 Å². The molecule has 1 N–H and O–H groups in total. The number of nitrogens with zero attached hydrogens (tertiary/aromatic N) is 4. The number of benzene rings is 1. The predicted molar refractivity (Wildman–Crippen MR) is 76.9 cm³/mol. The van der Waals surface area contributed by atoms with Gasteiger partial charge in [-0.3, -0.25) is 4.79 Å². The lowest BCUT2D eigenvalue weighted by Crippen LogP contribution is -2.42. The summed E-state index contributed by atoms with van der Waals surface area (Å²) in [4.78, 5) is 11.5. The highest BCUT2D eigenvalue weighted by atomic mass is 35.5. The minimum Gasteiger partial charge on any atom is -0.481 e. The van der Waals surface area contributed by atoms with Crippen molar-refractivity contribution in [3.63, 3.8) is 0 Å². The zero-order valence-corrected chi connectivity index (χ0v) is 12.3. The van der Waals surface area contributed by atoms with Crippen molar-refractivity contribution in [1.82, 2.24) is 20.2 Å². The van der Waals surface area contributed by atoms with Crippen molar-refractivity contribution in [3.05, 3.63) is 28.8 Å². The first kappa shape index (κ1) is 14.0. The van der Waals surface area contributed by atoms with Crippen molar-refractivity contribution >= 4 is 17.6 Å². The number of carboxylic acids is 1. The fraction of sp³-hybridized carbons (Fsp3) is 0.429. The molecule has 110 valence electrons. The molecule has 0 bridgehead atoms. The Morgan fingerprint density at radius 1 is 1.48 bits per heavy atom. The van der Waals surface area contributed by atoms with Crippen LogP contribution in [-0.2, 0) is 11.3 Å². The van der Waals surface area contributed by atoms with Gasteiger partial charge < -0.3 is 5.11 Å². The number of hydrogen-bond acceptors (Lipinski definition) is 4. The number of rotatable bonds is 4.